The molecule has 3 fully saturated rings. The molecule has 0 spiro atoms. The van der Waals surface area contributed by atoms with Gasteiger partial charge in [0.25, 0.3) is 5.91 Å². The van der Waals surface area contributed by atoms with Crippen LogP contribution >= 0.6 is 0 Å². The molecule has 3 aromatic carbocycles. The van der Waals surface area contributed by atoms with Crippen LogP contribution in [0.3, 0.4) is 0 Å². The highest BCUT2D eigenvalue weighted by Crippen LogP contribution is 2.38. The van der Waals surface area contributed by atoms with Gasteiger partial charge in [0.2, 0.25) is 5.60 Å². The van der Waals surface area contributed by atoms with Crippen LogP contribution in [0.25, 0.3) is 0 Å². The van der Waals surface area contributed by atoms with E-state index >= 15 is 0 Å². The first-order valence-electron chi connectivity index (χ1n) is 13.1. The van der Waals surface area contributed by atoms with E-state index in [1.807, 2.05) is 12.1 Å². The number of hydrogen-bond acceptors (Lipinski definition) is 5. The minimum absolute atomic E-state index is 0.256. The summed E-state index contributed by atoms with van der Waals surface area (Å²) in [6.07, 6.45) is 1.55. The summed E-state index contributed by atoms with van der Waals surface area (Å²) >= 11 is 0. The summed E-state index contributed by atoms with van der Waals surface area (Å²) in [6, 6.07) is 26.7. The first-order valence-corrected chi connectivity index (χ1v) is 13.1. The lowest BCUT2D eigenvalue weighted by atomic mass is 9.82. The van der Waals surface area contributed by atoms with Crippen molar-refractivity contribution in [3.63, 3.8) is 0 Å². The number of carbonyl (C=O) groups excluding carboxylic acids is 2. The van der Waals surface area contributed by atoms with Gasteiger partial charge in [-0.3, -0.25) is 4.79 Å². The highest BCUT2D eigenvalue weighted by Gasteiger charge is 2.50. The van der Waals surface area contributed by atoms with Crippen LogP contribution in [-0.4, -0.2) is 60.3 Å². The van der Waals surface area contributed by atoms with E-state index in [0.29, 0.717) is 41.9 Å². The van der Waals surface area contributed by atoms with Crippen molar-refractivity contribution >= 4 is 11.9 Å². The van der Waals surface area contributed by atoms with E-state index in [1.54, 1.807) is 72.8 Å². The monoisotopic (exact) mass is 510 g/mol. The predicted molar refractivity (Wildman–Crippen MR) is 142 cm³/mol. The zero-order chi connectivity index (χ0) is 26.6. The van der Waals surface area contributed by atoms with Crippen LogP contribution in [0.2, 0.25) is 0 Å². The molecule has 7 heteroatoms. The molecule has 3 aliphatic heterocycles. The molecule has 194 valence electrons. The Morgan fingerprint density at radius 1 is 0.947 bits per heavy atom. The van der Waals surface area contributed by atoms with Crippen LogP contribution in [-0.2, 0) is 15.1 Å². The van der Waals surface area contributed by atoms with Crippen molar-refractivity contribution in [1.29, 1.82) is 5.26 Å². The van der Waals surface area contributed by atoms with E-state index in [1.165, 1.54) is 0 Å². The maximum atomic E-state index is 13.7. The van der Waals surface area contributed by atoms with Gasteiger partial charge in [-0.15, -0.1) is 0 Å². The maximum Gasteiger partial charge on any atom is 0.348 e. The van der Waals surface area contributed by atoms with Gasteiger partial charge in [0, 0.05) is 18.8 Å². The number of nitriles is 1. The number of rotatable bonds is 8. The second-order valence-electron chi connectivity index (χ2n) is 10.3. The van der Waals surface area contributed by atoms with Crippen molar-refractivity contribution in [1.82, 2.24) is 5.32 Å². The number of fused-ring (bicyclic) bond motifs is 3. The number of hydrogen-bond donors (Lipinski definition) is 2. The summed E-state index contributed by atoms with van der Waals surface area (Å²) in [4.78, 5) is 26.4. The van der Waals surface area contributed by atoms with Gasteiger partial charge in [-0.25, -0.2) is 4.79 Å². The Labute approximate surface area is 222 Å². The summed E-state index contributed by atoms with van der Waals surface area (Å²) < 4.78 is 6.88. The molecule has 0 aliphatic carbocycles. The molecule has 38 heavy (non-hydrogen) atoms. The third-order valence-corrected chi connectivity index (χ3v) is 8.14. The van der Waals surface area contributed by atoms with Crippen molar-refractivity contribution < 1.29 is 23.9 Å². The molecule has 3 saturated heterocycles. The Balaban J connectivity index is 1.28. The Morgan fingerprint density at radius 3 is 2.13 bits per heavy atom. The molecule has 3 heterocycles. The fraction of sp³-hybridized carbons (Fsp3) is 0.323. The first kappa shape index (κ1) is 25.7. The lowest BCUT2D eigenvalue weighted by molar-refractivity contribution is -0.945. The average Bonchev–Trinajstić information content (AvgIpc) is 2.98. The molecule has 2 bridgehead atoms. The van der Waals surface area contributed by atoms with Crippen molar-refractivity contribution in [2.24, 2.45) is 5.92 Å². The Kier molecular flexibility index (Phi) is 7.28. The van der Waals surface area contributed by atoms with Crippen LogP contribution in [0.5, 0.6) is 0 Å². The molecular weight excluding hydrogens is 478 g/mol. The number of esters is 1. The normalized spacial score (nSPS) is 22.3. The summed E-state index contributed by atoms with van der Waals surface area (Å²) in [7, 11) is 0. The van der Waals surface area contributed by atoms with Crippen LogP contribution in [0.4, 0.5) is 0 Å². The average molecular weight is 511 g/mol. The van der Waals surface area contributed by atoms with E-state index in [2.05, 4.69) is 11.4 Å². The molecule has 1 atom stereocenters. The van der Waals surface area contributed by atoms with E-state index in [-0.39, 0.29) is 17.9 Å². The number of nitrogens with one attached hydrogen (secondary N) is 1. The van der Waals surface area contributed by atoms with Crippen molar-refractivity contribution in [2.75, 3.05) is 32.7 Å². The van der Waals surface area contributed by atoms with Crippen molar-refractivity contribution in [3.8, 4) is 6.07 Å². The Morgan fingerprint density at radius 2 is 1.53 bits per heavy atom. The van der Waals surface area contributed by atoms with E-state index < -0.39 is 11.6 Å². The van der Waals surface area contributed by atoms with Gasteiger partial charge in [0.15, 0.2) is 6.10 Å². The highest BCUT2D eigenvalue weighted by molar-refractivity contribution is 5.96. The summed E-state index contributed by atoms with van der Waals surface area (Å²) in [6.45, 7) is 3.75. The number of quaternary nitrogens is 1. The molecule has 6 rings (SSSR count). The van der Waals surface area contributed by atoms with Gasteiger partial charge < -0.3 is 19.6 Å². The molecule has 1 amide bonds. The van der Waals surface area contributed by atoms with Gasteiger partial charge in [-0.1, -0.05) is 72.8 Å². The number of benzene rings is 3. The number of amides is 1. The molecule has 0 saturated carbocycles. The van der Waals surface area contributed by atoms with E-state index in [0.717, 1.165) is 30.4 Å². The molecule has 2 N–H and O–H groups in total. The summed E-state index contributed by atoms with van der Waals surface area (Å²) in [5.74, 6) is -0.661. The van der Waals surface area contributed by atoms with Gasteiger partial charge in [0.05, 0.1) is 43.4 Å². The minimum atomic E-state index is -1.90. The fourth-order valence-corrected chi connectivity index (χ4v) is 5.93. The Hall–Kier alpha value is -3.99. The highest BCUT2D eigenvalue weighted by atomic mass is 16.6. The molecule has 0 radical (unpaired) electrons. The largest absolute Gasteiger partial charge is 0.453 e. The first-order chi connectivity index (χ1) is 18.4. The topological polar surface area (TPSA) is 99.4 Å². The Bertz CT molecular complexity index is 1290. The third-order valence-electron chi connectivity index (χ3n) is 8.14. The zero-order valence-corrected chi connectivity index (χ0v) is 21.3. The summed E-state index contributed by atoms with van der Waals surface area (Å²) in [5.41, 5.74) is -0.225. The van der Waals surface area contributed by atoms with Crippen LogP contribution in [0.1, 0.15) is 39.9 Å². The lowest BCUT2D eigenvalue weighted by Crippen LogP contribution is -2.66. The number of carbonyl (C=O) groups is 2. The summed E-state index contributed by atoms with van der Waals surface area (Å²) in [5, 5.41) is 24.1. The predicted octanol–water partition coefficient (Wildman–Crippen LogP) is 3.38. The van der Waals surface area contributed by atoms with Crippen LogP contribution < -0.4 is 5.32 Å². The third kappa shape index (κ3) is 4.93. The van der Waals surface area contributed by atoms with Crippen LogP contribution in [0, 0.1) is 17.2 Å². The van der Waals surface area contributed by atoms with Crippen LogP contribution in [0.15, 0.2) is 84.9 Å². The van der Waals surface area contributed by atoms with Gasteiger partial charge in [-0.2, -0.15) is 5.26 Å². The molecule has 3 aromatic rings. The number of ether oxygens (including phenoxy) is 1. The van der Waals surface area contributed by atoms with Gasteiger partial charge >= 0.3 is 5.97 Å². The smallest absolute Gasteiger partial charge is 0.348 e. The molecule has 0 unspecified atom stereocenters. The second-order valence-corrected chi connectivity index (χ2v) is 10.3. The zero-order valence-electron chi connectivity index (χ0n) is 21.3. The van der Waals surface area contributed by atoms with Crippen molar-refractivity contribution in [3.05, 3.63) is 107 Å². The number of piperidine rings is 3. The quantitative estimate of drug-likeness (QED) is 0.358. The van der Waals surface area contributed by atoms with Gasteiger partial charge in [-0.05, 0) is 23.3 Å². The standard InChI is InChI=1S/C31H31N3O4/c32-21-24-9-7-8-14-27(24)29(35)33-17-20-34-18-15-23(16-19-34)28(22-34)38-30(36)31(37,25-10-3-1-4-11-25)26-12-5-2-6-13-26/h1-14,23,28,37H,15-20,22H2/p+1/t23?,28-,34?/m0/s1. The minimum Gasteiger partial charge on any atom is -0.453 e. The molecule has 7 nitrogen and oxygen atoms in total. The number of aliphatic hydroxyl groups is 1. The fourth-order valence-electron chi connectivity index (χ4n) is 5.93. The SMILES string of the molecule is N#Cc1ccccc1C(=O)NCC[N+]12CCC(CC1)[C@@H](OC(=O)C(O)(c1ccccc1)c1ccccc1)C2. The maximum absolute atomic E-state index is 13.7. The van der Waals surface area contributed by atoms with Gasteiger partial charge in [0.1, 0.15) is 6.54 Å². The van der Waals surface area contributed by atoms with E-state index in [9.17, 15) is 20.0 Å². The number of nitrogens with zero attached hydrogens (tertiary/aromatic N) is 2. The molecule has 3 aliphatic rings. The van der Waals surface area contributed by atoms with Crippen molar-refractivity contribution in [2.45, 2.75) is 24.5 Å². The molecule has 0 aromatic heterocycles. The lowest BCUT2D eigenvalue weighted by Gasteiger charge is -2.52. The second kappa shape index (κ2) is 10.8. The molecular formula is C31H32N3O4+. The van der Waals surface area contributed by atoms with E-state index in [4.69, 9.17) is 4.74 Å².